The number of allylic oxidation sites excluding steroid dienone is 2. The molecule has 7 heteroatoms. The Bertz CT molecular complexity index is 1130. The highest BCUT2D eigenvalue weighted by molar-refractivity contribution is 7.99. The molecule has 1 aromatic heterocycles. The van der Waals surface area contributed by atoms with Crippen molar-refractivity contribution >= 4 is 35.0 Å². The number of halogens is 1. The van der Waals surface area contributed by atoms with Crippen LogP contribution >= 0.6 is 23.4 Å². The number of aromatic nitrogens is 1. The van der Waals surface area contributed by atoms with Crippen molar-refractivity contribution in [1.29, 1.82) is 0 Å². The van der Waals surface area contributed by atoms with Gasteiger partial charge in [-0.1, -0.05) is 47.6 Å². The zero-order valence-corrected chi connectivity index (χ0v) is 18.8. The number of amidine groups is 1. The van der Waals surface area contributed by atoms with Crippen LogP contribution in [0.4, 0.5) is 5.82 Å². The lowest BCUT2D eigenvalue weighted by Crippen LogP contribution is -2.15. The molecule has 1 aliphatic heterocycles. The smallest absolute Gasteiger partial charge is 0.174 e. The molecule has 31 heavy (non-hydrogen) atoms. The molecule has 0 radical (unpaired) electrons. The van der Waals surface area contributed by atoms with Crippen LogP contribution in [0.3, 0.4) is 0 Å². The molecular formula is C24H22ClN3O2S. The molecule has 5 nitrogen and oxygen atoms in total. The van der Waals surface area contributed by atoms with E-state index in [1.807, 2.05) is 61.5 Å². The molecule has 158 valence electrons. The molecule has 0 saturated carbocycles. The fourth-order valence-electron chi connectivity index (χ4n) is 3.04. The second-order valence-electron chi connectivity index (χ2n) is 6.90. The number of anilines is 1. The zero-order valence-electron chi connectivity index (χ0n) is 17.3. The molecule has 0 spiro atoms. The van der Waals surface area contributed by atoms with Crippen molar-refractivity contribution < 1.29 is 9.47 Å². The molecule has 0 fully saturated rings. The van der Waals surface area contributed by atoms with E-state index in [9.17, 15) is 0 Å². The van der Waals surface area contributed by atoms with Crippen LogP contribution in [0.5, 0.6) is 17.2 Å². The Morgan fingerprint density at radius 2 is 1.90 bits per heavy atom. The predicted molar refractivity (Wildman–Crippen MR) is 127 cm³/mol. The number of benzene rings is 2. The van der Waals surface area contributed by atoms with E-state index in [0.717, 1.165) is 45.7 Å². The highest BCUT2D eigenvalue weighted by atomic mass is 35.5. The maximum absolute atomic E-state index is 6.38. The average molecular weight is 452 g/mol. The van der Waals surface area contributed by atoms with Gasteiger partial charge in [-0.15, -0.1) is 0 Å². The molecule has 1 aliphatic rings. The lowest BCUT2D eigenvalue weighted by Gasteiger charge is -2.16. The van der Waals surface area contributed by atoms with Crippen LogP contribution in [0.25, 0.3) is 0 Å². The van der Waals surface area contributed by atoms with Gasteiger partial charge in [-0.05, 0) is 43.7 Å². The maximum atomic E-state index is 6.38. The quantitative estimate of drug-likeness (QED) is 0.429. The summed E-state index contributed by atoms with van der Waals surface area (Å²) in [6.45, 7) is 1.99. The minimum atomic E-state index is 0.616. The second kappa shape index (κ2) is 9.90. The van der Waals surface area contributed by atoms with Crippen molar-refractivity contribution in [3.05, 3.63) is 77.6 Å². The topological polar surface area (TPSA) is 55.7 Å². The molecule has 4 rings (SSSR count). The maximum Gasteiger partial charge on any atom is 0.174 e. The Balaban J connectivity index is 1.65. The SMILES string of the molecule is COc1ccc(Cl)c(Sc2cnc(NC3=NC(C)=CCC3)c(Oc3ccccc3)c2)c1. The van der Waals surface area contributed by atoms with E-state index in [1.54, 1.807) is 13.3 Å². The van der Waals surface area contributed by atoms with Gasteiger partial charge in [0.05, 0.1) is 12.1 Å². The number of nitrogens with one attached hydrogen (secondary N) is 1. The van der Waals surface area contributed by atoms with Crippen LogP contribution in [0, 0.1) is 0 Å². The number of pyridine rings is 1. The number of hydrogen-bond donors (Lipinski definition) is 1. The van der Waals surface area contributed by atoms with Crippen molar-refractivity contribution in [3.8, 4) is 17.2 Å². The first-order valence-corrected chi connectivity index (χ1v) is 11.1. The normalized spacial score (nSPS) is 13.3. The summed E-state index contributed by atoms with van der Waals surface area (Å²) >= 11 is 7.89. The van der Waals surface area contributed by atoms with E-state index in [-0.39, 0.29) is 0 Å². The summed E-state index contributed by atoms with van der Waals surface area (Å²) in [7, 11) is 1.64. The van der Waals surface area contributed by atoms with E-state index in [1.165, 1.54) is 11.8 Å². The monoisotopic (exact) mass is 451 g/mol. The Kier molecular flexibility index (Phi) is 6.79. The summed E-state index contributed by atoms with van der Waals surface area (Å²) in [6, 6.07) is 17.2. The van der Waals surface area contributed by atoms with E-state index < -0.39 is 0 Å². The second-order valence-corrected chi connectivity index (χ2v) is 8.42. The van der Waals surface area contributed by atoms with Gasteiger partial charge in [0, 0.05) is 34.2 Å². The fraction of sp³-hybridized carbons (Fsp3) is 0.167. The molecule has 2 aromatic carbocycles. The van der Waals surface area contributed by atoms with Crippen LogP contribution < -0.4 is 14.8 Å². The molecule has 0 atom stereocenters. The van der Waals surface area contributed by atoms with Gasteiger partial charge >= 0.3 is 0 Å². The van der Waals surface area contributed by atoms with Gasteiger partial charge in [-0.2, -0.15) is 0 Å². The van der Waals surface area contributed by atoms with E-state index >= 15 is 0 Å². The lowest BCUT2D eigenvalue weighted by molar-refractivity contribution is 0.413. The van der Waals surface area contributed by atoms with Crippen LogP contribution in [-0.2, 0) is 0 Å². The molecule has 0 aliphatic carbocycles. The van der Waals surface area contributed by atoms with Crippen LogP contribution in [-0.4, -0.2) is 17.9 Å². The van der Waals surface area contributed by atoms with Crippen molar-refractivity contribution in [2.24, 2.45) is 4.99 Å². The van der Waals surface area contributed by atoms with Crippen LogP contribution in [0.1, 0.15) is 19.8 Å². The Morgan fingerprint density at radius 1 is 1.06 bits per heavy atom. The van der Waals surface area contributed by atoms with Gasteiger partial charge in [-0.25, -0.2) is 9.98 Å². The Hall–Kier alpha value is -2.96. The molecule has 0 unspecified atom stereocenters. The molecule has 0 saturated heterocycles. The van der Waals surface area contributed by atoms with E-state index in [4.69, 9.17) is 21.1 Å². The third-order valence-corrected chi connectivity index (χ3v) is 6.02. The van der Waals surface area contributed by atoms with Gasteiger partial charge in [0.1, 0.15) is 17.3 Å². The summed E-state index contributed by atoms with van der Waals surface area (Å²) < 4.78 is 11.5. The molecular weight excluding hydrogens is 430 g/mol. The first kappa shape index (κ1) is 21.3. The first-order chi connectivity index (χ1) is 15.1. The summed E-state index contributed by atoms with van der Waals surface area (Å²) in [6.07, 6.45) is 5.71. The molecule has 2 heterocycles. The van der Waals surface area contributed by atoms with Crippen molar-refractivity contribution in [3.63, 3.8) is 0 Å². The van der Waals surface area contributed by atoms with Crippen LogP contribution in [0.2, 0.25) is 5.02 Å². The summed E-state index contributed by atoms with van der Waals surface area (Å²) in [5.41, 5.74) is 0.999. The molecule has 0 bridgehead atoms. The van der Waals surface area contributed by atoms with Crippen molar-refractivity contribution in [2.75, 3.05) is 12.4 Å². The highest BCUT2D eigenvalue weighted by Crippen LogP contribution is 2.39. The summed E-state index contributed by atoms with van der Waals surface area (Å²) in [4.78, 5) is 11.0. The van der Waals surface area contributed by atoms with Gasteiger partial charge < -0.3 is 14.8 Å². The first-order valence-electron chi connectivity index (χ1n) is 9.86. The van der Waals surface area contributed by atoms with E-state index in [2.05, 4.69) is 21.4 Å². The van der Waals surface area contributed by atoms with Gasteiger partial charge in [0.2, 0.25) is 0 Å². The Morgan fingerprint density at radius 3 is 2.68 bits per heavy atom. The number of hydrogen-bond acceptors (Lipinski definition) is 6. The summed E-state index contributed by atoms with van der Waals surface area (Å²) in [5.74, 6) is 3.60. The lowest BCUT2D eigenvalue weighted by atomic mass is 10.2. The molecule has 1 N–H and O–H groups in total. The third-order valence-electron chi connectivity index (χ3n) is 4.56. The average Bonchev–Trinajstić information content (AvgIpc) is 2.78. The van der Waals surface area contributed by atoms with Gasteiger partial charge in [-0.3, -0.25) is 0 Å². The number of para-hydroxylation sites is 1. The van der Waals surface area contributed by atoms with E-state index in [0.29, 0.717) is 16.6 Å². The molecule has 3 aromatic rings. The Labute approximate surface area is 191 Å². The predicted octanol–water partition coefficient (Wildman–Crippen LogP) is 7.20. The molecule has 0 amide bonds. The van der Waals surface area contributed by atoms with Crippen molar-refractivity contribution in [2.45, 2.75) is 29.6 Å². The van der Waals surface area contributed by atoms with Gasteiger partial charge in [0.15, 0.2) is 11.6 Å². The number of rotatable bonds is 6. The zero-order chi connectivity index (χ0) is 21.6. The standard InChI is InChI=1S/C24H22ClN3O2S/c1-16-7-6-10-23(27-16)28-24-21(30-17-8-4-3-5-9-17)14-19(15-26-24)31-22-13-18(29-2)11-12-20(22)25/h3-5,7-9,11-15H,6,10H2,1-2H3,(H,26,27,28). The van der Waals surface area contributed by atoms with Crippen molar-refractivity contribution in [1.82, 2.24) is 4.98 Å². The van der Waals surface area contributed by atoms with Gasteiger partial charge in [0.25, 0.3) is 0 Å². The minimum absolute atomic E-state index is 0.616. The number of aliphatic imine (C=N–C) groups is 1. The summed E-state index contributed by atoms with van der Waals surface area (Å²) in [5, 5.41) is 3.99. The number of methoxy groups -OCH3 is 1. The minimum Gasteiger partial charge on any atom is -0.497 e. The third kappa shape index (κ3) is 5.60. The highest BCUT2D eigenvalue weighted by Gasteiger charge is 2.14. The number of ether oxygens (including phenoxy) is 2. The largest absolute Gasteiger partial charge is 0.497 e. The number of nitrogens with zero attached hydrogens (tertiary/aromatic N) is 2. The fourth-order valence-corrected chi connectivity index (χ4v) is 4.14. The van der Waals surface area contributed by atoms with Crippen LogP contribution in [0.15, 0.2) is 87.4 Å².